The molecule has 2 heterocycles. The van der Waals surface area contributed by atoms with Gasteiger partial charge in [0.15, 0.2) is 10.8 Å². The van der Waals surface area contributed by atoms with Crippen LogP contribution in [0.15, 0.2) is 42.5 Å². The SMILES string of the molecule is Cc1cccc(N2C(=S)N[C@H]3C[C@@]2(C)Oc2ccc([N+](=O)[O-])cc23)c1. The predicted octanol–water partition coefficient (Wildman–Crippen LogP) is 3.84. The van der Waals surface area contributed by atoms with Crippen LogP contribution in [0.3, 0.4) is 0 Å². The summed E-state index contributed by atoms with van der Waals surface area (Å²) in [7, 11) is 0. The first kappa shape index (κ1) is 15.8. The minimum absolute atomic E-state index is 0.0554. The highest BCUT2D eigenvalue weighted by Crippen LogP contribution is 2.46. The first-order valence-corrected chi connectivity index (χ1v) is 8.43. The molecule has 2 bridgehead atoms. The van der Waals surface area contributed by atoms with E-state index in [1.807, 2.05) is 36.9 Å². The van der Waals surface area contributed by atoms with Crippen LogP contribution in [0.2, 0.25) is 0 Å². The van der Waals surface area contributed by atoms with Crippen LogP contribution in [-0.4, -0.2) is 15.8 Å². The fraction of sp³-hybridized carbons (Fsp3) is 0.278. The number of hydrogen-bond acceptors (Lipinski definition) is 4. The van der Waals surface area contributed by atoms with E-state index in [0.29, 0.717) is 17.3 Å². The van der Waals surface area contributed by atoms with Gasteiger partial charge in [-0.15, -0.1) is 0 Å². The average Bonchev–Trinajstić information content (AvgIpc) is 2.53. The molecule has 0 unspecified atom stereocenters. The maximum Gasteiger partial charge on any atom is 0.270 e. The van der Waals surface area contributed by atoms with Crippen molar-refractivity contribution in [3.05, 3.63) is 63.7 Å². The van der Waals surface area contributed by atoms with Gasteiger partial charge >= 0.3 is 0 Å². The molecule has 1 saturated heterocycles. The molecule has 0 amide bonds. The number of thiocarbonyl (C=S) groups is 1. The maximum absolute atomic E-state index is 11.1. The summed E-state index contributed by atoms with van der Waals surface area (Å²) < 4.78 is 6.28. The molecule has 128 valence electrons. The normalized spacial score (nSPS) is 24.2. The van der Waals surface area contributed by atoms with E-state index in [1.54, 1.807) is 12.1 Å². The van der Waals surface area contributed by atoms with Gasteiger partial charge in [-0.1, -0.05) is 12.1 Å². The van der Waals surface area contributed by atoms with E-state index in [0.717, 1.165) is 16.8 Å². The molecular formula is C18H17N3O3S. The van der Waals surface area contributed by atoms with Crippen molar-refractivity contribution in [2.24, 2.45) is 0 Å². The van der Waals surface area contributed by atoms with Gasteiger partial charge in [-0.25, -0.2) is 0 Å². The molecule has 0 aliphatic carbocycles. The summed E-state index contributed by atoms with van der Waals surface area (Å²) in [4.78, 5) is 12.7. The zero-order chi connectivity index (χ0) is 17.8. The van der Waals surface area contributed by atoms with Crippen molar-refractivity contribution in [1.29, 1.82) is 0 Å². The first-order chi connectivity index (χ1) is 11.9. The quantitative estimate of drug-likeness (QED) is 0.502. The van der Waals surface area contributed by atoms with Gasteiger partial charge < -0.3 is 10.1 Å². The van der Waals surface area contributed by atoms with Gasteiger partial charge in [-0.2, -0.15) is 0 Å². The standard InChI is InChI=1S/C18H17N3O3S/c1-11-4-3-5-12(8-11)20-17(25)19-15-10-18(20,2)24-16-7-6-13(21(22)23)9-14(15)16/h3-9,15H,10H2,1-2H3,(H,19,25)/t15-,18+/m0/s1. The van der Waals surface area contributed by atoms with Gasteiger partial charge in [0.2, 0.25) is 0 Å². The number of rotatable bonds is 2. The Labute approximate surface area is 150 Å². The average molecular weight is 355 g/mol. The summed E-state index contributed by atoms with van der Waals surface area (Å²) in [6.07, 6.45) is 0.634. The van der Waals surface area contributed by atoms with Crippen molar-refractivity contribution in [3.63, 3.8) is 0 Å². The van der Waals surface area contributed by atoms with Crippen LogP contribution in [-0.2, 0) is 0 Å². The Hall–Kier alpha value is -2.67. The number of benzene rings is 2. The number of nitro groups is 1. The van der Waals surface area contributed by atoms with Crippen molar-refractivity contribution in [2.75, 3.05) is 4.90 Å². The number of anilines is 1. The number of non-ortho nitro benzene ring substituents is 1. The van der Waals surface area contributed by atoms with E-state index in [-0.39, 0.29) is 11.7 Å². The number of nitrogens with one attached hydrogen (secondary N) is 1. The second-order valence-corrected chi connectivity index (χ2v) is 7.02. The molecule has 4 rings (SSSR count). The number of ether oxygens (including phenoxy) is 1. The van der Waals surface area contributed by atoms with Crippen molar-refractivity contribution in [2.45, 2.75) is 32.0 Å². The van der Waals surface area contributed by atoms with Crippen molar-refractivity contribution in [3.8, 4) is 5.75 Å². The molecule has 2 aromatic carbocycles. The first-order valence-electron chi connectivity index (χ1n) is 8.02. The zero-order valence-electron chi connectivity index (χ0n) is 13.9. The van der Waals surface area contributed by atoms with Crippen LogP contribution in [0.25, 0.3) is 0 Å². The summed E-state index contributed by atoms with van der Waals surface area (Å²) in [6, 6.07) is 12.7. The third-order valence-electron chi connectivity index (χ3n) is 4.73. The Morgan fingerprint density at radius 1 is 1.36 bits per heavy atom. The molecule has 7 heteroatoms. The van der Waals surface area contributed by atoms with E-state index in [9.17, 15) is 10.1 Å². The molecule has 6 nitrogen and oxygen atoms in total. The Bertz CT molecular complexity index is 901. The minimum Gasteiger partial charge on any atom is -0.467 e. The van der Waals surface area contributed by atoms with Crippen LogP contribution in [0.5, 0.6) is 5.75 Å². The second-order valence-electron chi connectivity index (χ2n) is 6.64. The van der Waals surface area contributed by atoms with Crippen LogP contribution in [0.1, 0.15) is 30.5 Å². The lowest BCUT2D eigenvalue weighted by Crippen LogP contribution is -2.65. The van der Waals surface area contributed by atoms with Gasteiger partial charge in [-0.05, 0) is 49.8 Å². The monoisotopic (exact) mass is 355 g/mol. The Balaban J connectivity index is 1.79. The molecule has 1 fully saturated rings. The van der Waals surface area contributed by atoms with E-state index in [4.69, 9.17) is 17.0 Å². The highest BCUT2D eigenvalue weighted by atomic mass is 32.1. The molecule has 25 heavy (non-hydrogen) atoms. The van der Waals surface area contributed by atoms with Crippen molar-refractivity contribution < 1.29 is 9.66 Å². The lowest BCUT2D eigenvalue weighted by atomic mass is 9.90. The lowest BCUT2D eigenvalue weighted by Gasteiger charge is -2.52. The Morgan fingerprint density at radius 3 is 2.88 bits per heavy atom. The number of aryl methyl sites for hydroxylation is 1. The van der Waals surface area contributed by atoms with Crippen LogP contribution in [0, 0.1) is 17.0 Å². The van der Waals surface area contributed by atoms with Crippen LogP contribution in [0.4, 0.5) is 11.4 Å². The summed E-state index contributed by atoms with van der Waals surface area (Å²) in [5, 5.41) is 14.9. The predicted molar refractivity (Wildman–Crippen MR) is 98.9 cm³/mol. The molecule has 2 aliphatic heterocycles. The highest BCUT2D eigenvalue weighted by Gasteiger charge is 2.48. The smallest absolute Gasteiger partial charge is 0.270 e. The molecule has 1 N–H and O–H groups in total. The van der Waals surface area contributed by atoms with Crippen LogP contribution >= 0.6 is 12.2 Å². The summed E-state index contributed by atoms with van der Waals surface area (Å²) in [5.74, 6) is 0.650. The molecular weight excluding hydrogens is 338 g/mol. The fourth-order valence-corrected chi connectivity index (χ4v) is 4.07. The van der Waals surface area contributed by atoms with E-state index in [2.05, 4.69) is 11.4 Å². The molecule has 2 aromatic rings. The number of fused-ring (bicyclic) bond motifs is 4. The van der Waals surface area contributed by atoms with Gasteiger partial charge in [0.25, 0.3) is 5.69 Å². The third kappa shape index (κ3) is 2.51. The number of nitro benzene ring substituents is 1. The zero-order valence-corrected chi connectivity index (χ0v) is 14.7. The summed E-state index contributed by atoms with van der Waals surface area (Å²) in [6.45, 7) is 4.03. The molecule has 0 spiro atoms. The van der Waals surface area contributed by atoms with Crippen molar-refractivity contribution in [1.82, 2.24) is 5.32 Å². The largest absolute Gasteiger partial charge is 0.467 e. The van der Waals surface area contributed by atoms with Gasteiger partial charge in [0.1, 0.15) is 5.75 Å². The maximum atomic E-state index is 11.1. The molecule has 0 radical (unpaired) electrons. The highest BCUT2D eigenvalue weighted by molar-refractivity contribution is 7.80. The van der Waals surface area contributed by atoms with E-state index < -0.39 is 10.6 Å². The summed E-state index contributed by atoms with van der Waals surface area (Å²) >= 11 is 5.59. The Kier molecular flexibility index (Phi) is 3.43. The van der Waals surface area contributed by atoms with Crippen LogP contribution < -0.4 is 15.0 Å². The minimum atomic E-state index is -0.649. The molecule has 2 aliphatic rings. The van der Waals surface area contributed by atoms with Crippen molar-refractivity contribution >= 4 is 28.7 Å². The van der Waals surface area contributed by atoms with Gasteiger partial charge in [0, 0.05) is 29.8 Å². The van der Waals surface area contributed by atoms with Gasteiger partial charge in [-0.3, -0.25) is 15.0 Å². The Morgan fingerprint density at radius 2 is 2.16 bits per heavy atom. The van der Waals surface area contributed by atoms with E-state index >= 15 is 0 Å². The number of hydrogen-bond donors (Lipinski definition) is 1. The third-order valence-corrected chi connectivity index (χ3v) is 5.03. The second kappa shape index (κ2) is 5.42. The number of nitrogens with zero attached hydrogens (tertiary/aromatic N) is 2. The summed E-state index contributed by atoms with van der Waals surface area (Å²) in [5.41, 5.74) is 2.28. The fourth-order valence-electron chi connectivity index (χ4n) is 3.63. The van der Waals surface area contributed by atoms with E-state index in [1.165, 1.54) is 6.07 Å². The lowest BCUT2D eigenvalue weighted by molar-refractivity contribution is -0.385. The topological polar surface area (TPSA) is 67.6 Å². The molecule has 2 atom stereocenters. The molecule has 0 aromatic heterocycles. The van der Waals surface area contributed by atoms with Gasteiger partial charge in [0.05, 0.1) is 11.0 Å². The molecule has 0 saturated carbocycles.